The zero-order chi connectivity index (χ0) is 33.1. The number of alkyl halides is 3. The molecular weight excluding hydrogens is 622 g/mol. The first-order chi connectivity index (χ1) is 21.1. The van der Waals surface area contributed by atoms with Gasteiger partial charge in [0, 0.05) is 44.5 Å². The van der Waals surface area contributed by atoms with Crippen molar-refractivity contribution in [3.63, 3.8) is 0 Å². The van der Waals surface area contributed by atoms with Crippen molar-refractivity contribution in [1.29, 1.82) is 0 Å². The van der Waals surface area contributed by atoms with Crippen LogP contribution in [0.4, 0.5) is 40.7 Å². The Morgan fingerprint density at radius 2 is 1.91 bits per heavy atom. The van der Waals surface area contributed by atoms with Gasteiger partial charge >= 0.3 is 6.18 Å². The Morgan fingerprint density at radius 1 is 1.18 bits per heavy atom. The summed E-state index contributed by atoms with van der Waals surface area (Å²) < 4.78 is 92.7. The molecule has 1 fully saturated rings. The second-order valence-corrected chi connectivity index (χ2v) is 12.4. The number of methoxy groups -OCH3 is 2. The molecule has 45 heavy (non-hydrogen) atoms. The summed E-state index contributed by atoms with van der Waals surface area (Å²) in [6, 6.07) is 6.48. The Hall–Kier alpha value is -4.38. The molecule has 12 nitrogen and oxygen atoms in total. The first kappa shape index (κ1) is 33.5. The fourth-order valence-electron chi connectivity index (χ4n) is 4.69. The van der Waals surface area contributed by atoms with E-state index in [-0.39, 0.29) is 41.2 Å². The molecule has 0 bridgehead atoms. The Kier molecular flexibility index (Phi) is 9.92. The summed E-state index contributed by atoms with van der Waals surface area (Å²) in [7, 11) is 2.17. The summed E-state index contributed by atoms with van der Waals surface area (Å²) in [5, 5.41) is 8.06. The highest BCUT2D eigenvalue weighted by Gasteiger charge is 2.35. The maximum absolute atomic E-state index is 15.1. The van der Waals surface area contributed by atoms with Crippen LogP contribution in [0.2, 0.25) is 0 Å². The largest absolute Gasteiger partial charge is 0.497 e. The number of rotatable bonds is 11. The predicted molar refractivity (Wildman–Crippen MR) is 160 cm³/mol. The standard InChI is InChI=1S/C28H33F4N7O5S/c1-38-9-8-17(15-38)35-26(40)19-11-24(44-4)22(12-21(19)29)36-27-34-14-20(28(30,31)32)25(37-27)33-13-16-6-7-18(43-3)10-23(16)39(2)45(5,41)42/h6-7,10-12,14,17H,8-9,13,15H2,1-5H3,(H,35,40)(H2,33,34,36,37)/t17-/m0/s1. The van der Waals surface area contributed by atoms with Crippen LogP contribution in [0.25, 0.3) is 0 Å². The van der Waals surface area contributed by atoms with Crippen LogP contribution in [0.15, 0.2) is 36.5 Å². The number of likely N-dealkylation sites (tertiary alicyclic amines) is 1. The number of carbonyl (C=O) groups is 1. The van der Waals surface area contributed by atoms with Crippen molar-refractivity contribution in [2.24, 2.45) is 0 Å². The van der Waals surface area contributed by atoms with E-state index in [0.29, 0.717) is 24.1 Å². The lowest BCUT2D eigenvalue weighted by atomic mass is 10.1. The molecule has 1 aliphatic heterocycles. The van der Waals surface area contributed by atoms with Gasteiger partial charge in [0.25, 0.3) is 5.91 Å². The minimum absolute atomic E-state index is 0.0229. The van der Waals surface area contributed by atoms with E-state index < -0.39 is 39.3 Å². The zero-order valence-electron chi connectivity index (χ0n) is 25.1. The molecule has 0 radical (unpaired) electrons. The van der Waals surface area contributed by atoms with E-state index in [0.717, 1.165) is 29.6 Å². The number of nitrogens with one attached hydrogen (secondary N) is 3. The van der Waals surface area contributed by atoms with Gasteiger partial charge in [0.2, 0.25) is 16.0 Å². The smallest absolute Gasteiger partial charge is 0.421 e. The molecule has 1 aromatic heterocycles. The van der Waals surface area contributed by atoms with E-state index in [1.807, 2.05) is 11.9 Å². The topological polar surface area (TPSA) is 138 Å². The molecule has 0 unspecified atom stereocenters. The van der Waals surface area contributed by atoms with Crippen molar-refractivity contribution < 1.29 is 40.2 Å². The summed E-state index contributed by atoms with van der Waals surface area (Å²) >= 11 is 0. The Morgan fingerprint density at radius 3 is 2.51 bits per heavy atom. The third-order valence-corrected chi connectivity index (χ3v) is 8.37. The van der Waals surface area contributed by atoms with Crippen molar-refractivity contribution in [3.8, 4) is 11.5 Å². The van der Waals surface area contributed by atoms with Gasteiger partial charge in [-0.1, -0.05) is 6.07 Å². The number of aromatic nitrogens is 2. The number of sulfonamides is 1. The summed E-state index contributed by atoms with van der Waals surface area (Å²) in [6.45, 7) is 1.15. The number of benzene rings is 2. The lowest BCUT2D eigenvalue weighted by Gasteiger charge is -2.22. The van der Waals surface area contributed by atoms with Crippen molar-refractivity contribution in [3.05, 3.63) is 59.0 Å². The van der Waals surface area contributed by atoms with Gasteiger partial charge in [-0.25, -0.2) is 17.8 Å². The third kappa shape index (κ3) is 8.02. The van der Waals surface area contributed by atoms with Crippen LogP contribution in [0.3, 0.4) is 0 Å². The Bertz CT molecular complexity index is 1670. The number of carbonyl (C=O) groups excluding carboxylic acids is 1. The van der Waals surface area contributed by atoms with Crippen molar-refractivity contribution in [2.75, 3.05) is 62.6 Å². The van der Waals surface area contributed by atoms with E-state index in [2.05, 4.69) is 25.9 Å². The predicted octanol–water partition coefficient (Wildman–Crippen LogP) is 3.84. The average Bonchev–Trinajstić information content (AvgIpc) is 3.38. The monoisotopic (exact) mass is 655 g/mol. The highest BCUT2D eigenvalue weighted by Crippen LogP contribution is 2.36. The first-order valence-corrected chi connectivity index (χ1v) is 15.4. The van der Waals surface area contributed by atoms with Crippen molar-refractivity contribution >= 4 is 39.1 Å². The van der Waals surface area contributed by atoms with Gasteiger partial charge in [-0.2, -0.15) is 18.2 Å². The molecular formula is C28H33F4N7O5S. The Labute approximate surface area is 257 Å². The number of nitrogens with zero attached hydrogens (tertiary/aromatic N) is 4. The molecule has 4 rings (SSSR count). The zero-order valence-corrected chi connectivity index (χ0v) is 25.9. The molecule has 1 amide bonds. The summed E-state index contributed by atoms with van der Waals surface area (Å²) in [4.78, 5) is 22.5. The molecule has 2 aromatic carbocycles. The molecule has 0 spiro atoms. The molecule has 1 aliphatic rings. The minimum Gasteiger partial charge on any atom is -0.497 e. The summed E-state index contributed by atoms with van der Waals surface area (Å²) in [6.07, 6.45) is -2.59. The molecule has 0 saturated carbocycles. The van der Waals surface area contributed by atoms with Crippen LogP contribution in [-0.2, 0) is 22.7 Å². The first-order valence-electron chi connectivity index (χ1n) is 13.5. The summed E-state index contributed by atoms with van der Waals surface area (Å²) in [5.41, 5.74) is -0.995. The van der Waals surface area contributed by atoms with Crippen LogP contribution >= 0.6 is 0 Å². The second kappa shape index (κ2) is 13.3. The molecule has 1 atom stereocenters. The van der Waals surface area contributed by atoms with Gasteiger partial charge in [0.15, 0.2) is 0 Å². The van der Waals surface area contributed by atoms with Gasteiger partial charge in [-0.15, -0.1) is 0 Å². The fraction of sp³-hybridized carbons (Fsp3) is 0.393. The van der Waals surface area contributed by atoms with Crippen molar-refractivity contribution in [1.82, 2.24) is 20.2 Å². The molecule has 3 aromatic rings. The van der Waals surface area contributed by atoms with Crippen LogP contribution in [0.5, 0.6) is 11.5 Å². The number of amides is 1. The van der Waals surface area contributed by atoms with E-state index in [4.69, 9.17) is 9.47 Å². The molecule has 244 valence electrons. The Balaban J connectivity index is 1.62. The number of hydrogen-bond donors (Lipinski definition) is 3. The van der Waals surface area contributed by atoms with Crippen LogP contribution in [0, 0.1) is 5.82 Å². The number of hydrogen-bond acceptors (Lipinski definition) is 10. The molecule has 17 heteroatoms. The van der Waals surface area contributed by atoms with Crippen LogP contribution in [0.1, 0.15) is 27.9 Å². The maximum Gasteiger partial charge on any atom is 0.421 e. The van der Waals surface area contributed by atoms with Crippen molar-refractivity contribution in [2.45, 2.75) is 25.2 Å². The normalized spacial score (nSPS) is 15.4. The second-order valence-electron chi connectivity index (χ2n) is 10.4. The molecule has 0 aliphatic carbocycles. The van der Waals surface area contributed by atoms with Crippen LogP contribution in [-0.4, -0.2) is 82.9 Å². The number of likely N-dealkylation sites (N-methyl/N-ethyl adjacent to an activating group) is 1. The number of ether oxygens (including phenoxy) is 2. The van der Waals surface area contributed by atoms with Gasteiger partial charge in [-0.05, 0) is 37.7 Å². The van der Waals surface area contributed by atoms with E-state index in [1.165, 1.54) is 45.5 Å². The highest BCUT2D eigenvalue weighted by molar-refractivity contribution is 7.92. The van der Waals surface area contributed by atoms with Gasteiger partial charge in [0.1, 0.15) is 28.7 Å². The van der Waals surface area contributed by atoms with Gasteiger partial charge in [-0.3, -0.25) is 9.10 Å². The van der Waals surface area contributed by atoms with Crippen LogP contribution < -0.4 is 29.7 Å². The minimum atomic E-state index is -4.85. The lowest BCUT2D eigenvalue weighted by Crippen LogP contribution is -2.36. The van der Waals surface area contributed by atoms with E-state index in [1.54, 1.807) is 0 Å². The molecule has 1 saturated heterocycles. The summed E-state index contributed by atoms with van der Waals surface area (Å²) in [5.74, 6) is -2.12. The molecule has 2 heterocycles. The lowest BCUT2D eigenvalue weighted by molar-refractivity contribution is -0.137. The number of halogens is 4. The van der Waals surface area contributed by atoms with E-state index in [9.17, 15) is 26.4 Å². The van der Waals surface area contributed by atoms with Gasteiger partial charge < -0.3 is 30.3 Å². The highest BCUT2D eigenvalue weighted by atomic mass is 32.2. The average molecular weight is 656 g/mol. The number of anilines is 4. The van der Waals surface area contributed by atoms with Gasteiger partial charge in [0.05, 0.1) is 37.4 Å². The quantitative estimate of drug-likeness (QED) is 0.261. The molecule has 3 N–H and O–H groups in total. The van der Waals surface area contributed by atoms with E-state index >= 15 is 4.39 Å². The maximum atomic E-state index is 15.1. The fourth-order valence-corrected chi connectivity index (χ4v) is 5.21. The third-order valence-electron chi connectivity index (χ3n) is 7.18. The SMILES string of the molecule is COc1ccc(CNc2nc(Nc3cc(F)c(C(=O)N[C@H]4CCN(C)C4)cc3OC)ncc2C(F)(F)F)c(N(C)S(C)(=O)=O)c1.